The Balaban J connectivity index is 1.54. The van der Waals surface area contributed by atoms with Crippen LogP contribution >= 0.6 is 12.2 Å². The first-order valence-corrected chi connectivity index (χ1v) is 9.00. The van der Waals surface area contributed by atoms with E-state index in [1.165, 1.54) is 30.5 Å². The molecule has 23 heavy (non-hydrogen) atoms. The summed E-state index contributed by atoms with van der Waals surface area (Å²) in [5, 5.41) is 8.40. The smallest absolute Gasteiger partial charge is 0.187 e. The largest absolute Gasteiger partial charge is 0.376 e. The highest BCUT2D eigenvalue weighted by Crippen LogP contribution is 2.30. The third kappa shape index (κ3) is 4.75. The maximum Gasteiger partial charge on any atom is 0.187 e. The number of rotatable bonds is 4. The highest BCUT2D eigenvalue weighted by atomic mass is 32.1. The number of nitrogens with zero attached hydrogens (tertiary/aromatic N) is 1. The zero-order chi connectivity index (χ0) is 15.9. The summed E-state index contributed by atoms with van der Waals surface area (Å²) >= 11 is 5.33. The van der Waals surface area contributed by atoms with Gasteiger partial charge >= 0.3 is 0 Å². The van der Waals surface area contributed by atoms with Gasteiger partial charge in [-0.1, -0.05) is 36.8 Å². The summed E-state index contributed by atoms with van der Waals surface area (Å²) in [6, 6.07) is 10.6. The fourth-order valence-corrected chi connectivity index (χ4v) is 3.48. The van der Waals surface area contributed by atoms with Gasteiger partial charge in [-0.05, 0) is 49.9 Å². The third-order valence-corrected chi connectivity index (χ3v) is 4.83. The van der Waals surface area contributed by atoms with Gasteiger partial charge in [0.05, 0.1) is 6.10 Å². The van der Waals surface area contributed by atoms with Crippen molar-refractivity contribution in [3.8, 4) is 0 Å². The quantitative estimate of drug-likeness (QED) is 0.656. The van der Waals surface area contributed by atoms with Crippen LogP contribution in [0.25, 0.3) is 0 Å². The molecule has 0 unspecified atom stereocenters. The van der Waals surface area contributed by atoms with E-state index in [0.29, 0.717) is 11.0 Å². The number of ether oxygens (including phenoxy) is 1. The molecule has 1 aliphatic carbocycles. The van der Waals surface area contributed by atoms with Crippen LogP contribution in [0.1, 0.15) is 50.0 Å². The van der Waals surface area contributed by atoms with Crippen LogP contribution in [0.4, 0.5) is 0 Å². The Bertz CT molecular complexity index is 540. The Labute approximate surface area is 143 Å². The van der Waals surface area contributed by atoms with Gasteiger partial charge in [0.1, 0.15) is 0 Å². The predicted octanol–water partition coefficient (Wildman–Crippen LogP) is 3.34. The summed E-state index contributed by atoms with van der Waals surface area (Å²) < 4.78 is 5.59. The second-order valence-corrected chi connectivity index (χ2v) is 6.68. The monoisotopic (exact) mass is 331 g/mol. The Morgan fingerprint density at radius 3 is 2.83 bits per heavy atom. The van der Waals surface area contributed by atoms with Crippen molar-refractivity contribution in [1.29, 1.82) is 0 Å². The minimum Gasteiger partial charge on any atom is -0.376 e. The van der Waals surface area contributed by atoms with E-state index in [9.17, 15) is 0 Å². The molecule has 1 aromatic rings. The number of thiocarbonyl (C=S) groups is 1. The first-order valence-electron chi connectivity index (χ1n) is 8.60. The van der Waals surface area contributed by atoms with Crippen molar-refractivity contribution in [3.63, 3.8) is 0 Å². The van der Waals surface area contributed by atoms with Crippen LogP contribution in [-0.2, 0) is 4.74 Å². The zero-order valence-electron chi connectivity index (χ0n) is 13.5. The maximum atomic E-state index is 5.59. The van der Waals surface area contributed by atoms with Crippen molar-refractivity contribution in [2.75, 3.05) is 13.2 Å². The highest BCUT2D eigenvalue weighted by molar-refractivity contribution is 7.80. The lowest BCUT2D eigenvalue weighted by atomic mass is 9.82. The first kappa shape index (κ1) is 16.4. The van der Waals surface area contributed by atoms with Gasteiger partial charge in [0.25, 0.3) is 0 Å². The van der Waals surface area contributed by atoms with Crippen LogP contribution in [0.3, 0.4) is 0 Å². The highest BCUT2D eigenvalue weighted by Gasteiger charge is 2.22. The SMILES string of the molecule is S=C(NC[C@@H]1CCCO1)NN=C1CCCC[C@@H]1c1ccccc1. The molecule has 1 aromatic carbocycles. The molecule has 1 saturated carbocycles. The maximum absolute atomic E-state index is 5.59. The summed E-state index contributed by atoms with van der Waals surface area (Å²) in [7, 11) is 0. The number of hydrogen-bond acceptors (Lipinski definition) is 3. The molecule has 2 N–H and O–H groups in total. The molecule has 0 radical (unpaired) electrons. The van der Waals surface area contributed by atoms with Crippen molar-refractivity contribution >= 4 is 23.0 Å². The van der Waals surface area contributed by atoms with E-state index in [0.717, 1.165) is 32.4 Å². The van der Waals surface area contributed by atoms with Crippen LogP contribution in [-0.4, -0.2) is 30.1 Å². The molecule has 1 heterocycles. The Morgan fingerprint density at radius 1 is 1.17 bits per heavy atom. The average molecular weight is 331 g/mol. The Morgan fingerprint density at radius 2 is 2.04 bits per heavy atom. The van der Waals surface area contributed by atoms with Gasteiger partial charge in [-0.2, -0.15) is 5.10 Å². The van der Waals surface area contributed by atoms with E-state index in [-0.39, 0.29) is 6.10 Å². The molecule has 0 aromatic heterocycles. The third-order valence-electron chi connectivity index (χ3n) is 4.60. The summed E-state index contributed by atoms with van der Waals surface area (Å²) in [6.07, 6.45) is 7.23. The molecule has 2 fully saturated rings. The minimum absolute atomic E-state index is 0.286. The lowest BCUT2D eigenvalue weighted by Crippen LogP contribution is -2.38. The van der Waals surface area contributed by atoms with Crippen molar-refractivity contribution in [1.82, 2.24) is 10.7 Å². The normalized spacial score (nSPS) is 26.2. The van der Waals surface area contributed by atoms with Gasteiger partial charge in [0.2, 0.25) is 0 Å². The van der Waals surface area contributed by atoms with E-state index >= 15 is 0 Å². The second kappa shape index (κ2) is 8.41. The fourth-order valence-electron chi connectivity index (χ4n) is 3.35. The van der Waals surface area contributed by atoms with E-state index in [1.54, 1.807) is 0 Å². The van der Waals surface area contributed by atoms with Gasteiger partial charge in [0, 0.05) is 24.8 Å². The summed E-state index contributed by atoms with van der Waals surface area (Å²) in [6.45, 7) is 1.63. The lowest BCUT2D eigenvalue weighted by molar-refractivity contribution is 0.114. The van der Waals surface area contributed by atoms with Crippen molar-refractivity contribution in [2.45, 2.75) is 50.5 Å². The molecule has 124 valence electrons. The number of nitrogens with one attached hydrogen (secondary N) is 2. The van der Waals surface area contributed by atoms with E-state index in [1.807, 2.05) is 0 Å². The van der Waals surface area contributed by atoms with Crippen LogP contribution in [0.5, 0.6) is 0 Å². The molecular weight excluding hydrogens is 306 g/mol. The molecule has 0 spiro atoms. The van der Waals surface area contributed by atoms with Crippen molar-refractivity contribution in [2.24, 2.45) is 5.10 Å². The van der Waals surface area contributed by atoms with Crippen LogP contribution in [0, 0.1) is 0 Å². The Hall–Kier alpha value is -1.46. The molecule has 4 nitrogen and oxygen atoms in total. The molecule has 5 heteroatoms. The van der Waals surface area contributed by atoms with Gasteiger partial charge < -0.3 is 10.1 Å². The zero-order valence-corrected chi connectivity index (χ0v) is 14.3. The standard InChI is InChI=1S/C18H25N3OS/c23-18(19-13-15-9-6-12-22-15)21-20-17-11-5-4-10-16(17)14-7-2-1-3-8-14/h1-3,7-8,15-16H,4-6,9-13H2,(H2,19,21,23)/t15-,16+/m0/s1. The predicted molar refractivity (Wildman–Crippen MR) is 97.8 cm³/mol. The number of hydrazone groups is 1. The van der Waals surface area contributed by atoms with E-state index in [4.69, 9.17) is 17.0 Å². The van der Waals surface area contributed by atoms with Crippen LogP contribution < -0.4 is 10.7 Å². The molecule has 2 aliphatic rings. The molecule has 2 atom stereocenters. The van der Waals surface area contributed by atoms with E-state index in [2.05, 4.69) is 46.2 Å². The topological polar surface area (TPSA) is 45.6 Å². The molecule has 0 amide bonds. The molecule has 0 bridgehead atoms. The Kier molecular flexibility index (Phi) is 6.00. The number of hydrogen-bond donors (Lipinski definition) is 2. The minimum atomic E-state index is 0.286. The van der Waals surface area contributed by atoms with Gasteiger partial charge in [0.15, 0.2) is 5.11 Å². The van der Waals surface area contributed by atoms with Crippen LogP contribution in [0.15, 0.2) is 35.4 Å². The van der Waals surface area contributed by atoms with Crippen molar-refractivity contribution < 1.29 is 4.74 Å². The summed E-state index contributed by atoms with van der Waals surface area (Å²) in [5.74, 6) is 0.415. The average Bonchev–Trinajstić information content (AvgIpc) is 3.13. The molecule has 1 aliphatic heterocycles. The van der Waals surface area contributed by atoms with Gasteiger partial charge in [-0.25, -0.2) is 0 Å². The summed E-state index contributed by atoms with van der Waals surface area (Å²) in [5.41, 5.74) is 5.59. The number of benzene rings is 1. The molecule has 1 saturated heterocycles. The lowest BCUT2D eigenvalue weighted by Gasteiger charge is -2.24. The van der Waals surface area contributed by atoms with Gasteiger partial charge in [-0.3, -0.25) is 5.43 Å². The first-order chi connectivity index (χ1) is 11.3. The summed E-state index contributed by atoms with van der Waals surface area (Å²) in [4.78, 5) is 0. The van der Waals surface area contributed by atoms with Crippen LogP contribution in [0.2, 0.25) is 0 Å². The van der Waals surface area contributed by atoms with Gasteiger partial charge in [-0.15, -0.1) is 0 Å². The van der Waals surface area contributed by atoms with Crippen molar-refractivity contribution in [3.05, 3.63) is 35.9 Å². The fraction of sp³-hybridized carbons (Fsp3) is 0.556. The molecular formula is C18H25N3OS. The second-order valence-electron chi connectivity index (χ2n) is 6.27. The molecule has 3 rings (SSSR count). The van der Waals surface area contributed by atoms with E-state index < -0.39 is 0 Å².